The van der Waals surface area contributed by atoms with E-state index in [-0.39, 0.29) is 5.95 Å². The summed E-state index contributed by atoms with van der Waals surface area (Å²) in [5.74, 6) is -0.00810. The summed E-state index contributed by atoms with van der Waals surface area (Å²) >= 11 is 1.54. The molecule has 2 heterocycles. The van der Waals surface area contributed by atoms with Gasteiger partial charge >= 0.3 is 5.69 Å². The minimum atomic E-state index is -0.408. The molecule has 0 radical (unpaired) electrons. The molecule has 2 aromatic heterocycles. The van der Waals surface area contributed by atoms with Crippen LogP contribution in [0.2, 0.25) is 0 Å². The third-order valence-corrected chi connectivity index (χ3v) is 2.75. The number of hydrogen-bond donors (Lipinski definition) is 1. The predicted octanol–water partition coefficient (Wildman–Crippen LogP) is 0.0337. The van der Waals surface area contributed by atoms with Gasteiger partial charge in [-0.3, -0.25) is 4.57 Å². The summed E-state index contributed by atoms with van der Waals surface area (Å²) in [4.78, 5) is 23.9. The second kappa shape index (κ2) is 3.77. The fraction of sp³-hybridized carbons (Fsp3) is 0.250. The van der Waals surface area contributed by atoms with E-state index in [2.05, 4.69) is 15.0 Å². The molecule has 6 nitrogen and oxygen atoms in total. The smallest absolute Gasteiger partial charge is 0.352 e. The standard InChI is InChI=1S/C8H9N5OS/c1-5-6(11-4-15-5)2-13-3-10-7(9)12-8(13)14/h3-4H,2H2,1H3,(H2,9,12,14). The van der Waals surface area contributed by atoms with E-state index in [1.165, 1.54) is 10.9 Å². The Balaban J connectivity index is 2.33. The van der Waals surface area contributed by atoms with Crippen molar-refractivity contribution in [3.8, 4) is 0 Å². The fourth-order valence-corrected chi connectivity index (χ4v) is 1.71. The van der Waals surface area contributed by atoms with Gasteiger partial charge in [0.2, 0.25) is 5.95 Å². The van der Waals surface area contributed by atoms with E-state index in [0.717, 1.165) is 10.6 Å². The Bertz CT molecular complexity index is 532. The Morgan fingerprint density at radius 2 is 2.33 bits per heavy atom. The van der Waals surface area contributed by atoms with Gasteiger partial charge in [-0.1, -0.05) is 0 Å². The van der Waals surface area contributed by atoms with Crippen LogP contribution in [-0.2, 0) is 6.54 Å². The molecule has 0 aliphatic carbocycles. The lowest BCUT2D eigenvalue weighted by molar-refractivity contribution is 0.690. The Morgan fingerprint density at radius 3 is 2.93 bits per heavy atom. The Hall–Kier alpha value is -1.76. The molecule has 2 aromatic rings. The first-order valence-corrected chi connectivity index (χ1v) is 5.12. The maximum atomic E-state index is 11.4. The summed E-state index contributed by atoms with van der Waals surface area (Å²) < 4.78 is 1.37. The Kier molecular flexibility index (Phi) is 2.46. The van der Waals surface area contributed by atoms with E-state index in [0.29, 0.717) is 6.54 Å². The zero-order valence-electron chi connectivity index (χ0n) is 8.04. The fourth-order valence-electron chi connectivity index (χ4n) is 1.12. The molecule has 0 amide bonds. The number of nitrogens with zero attached hydrogens (tertiary/aromatic N) is 4. The predicted molar refractivity (Wildman–Crippen MR) is 56.7 cm³/mol. The number of nitrogen functional groups attached to an aromatic ring is 1. The molecule has 78 valence electrons. The van der Waals surface area contributed by atoms with Gasteiger partial charge in [0.05, 0.1) is 17.7 Å². The van der Waals surface area contributed by atoms with Crippen LogP contribution in [0.3, 0.4) is 0 Å². The van der Waals surface area contributed by atoms with Crippen molar-refractivity contribution >= 4 is 17.3 Å². The van der Waals surface area contributed by atoms with E-state index in [4.69, 9.17) is 5.73 Å². The van der Waals surface area contributed by atoms with Gasteiger partial charge in [-0.15, -0.1) is 11.3 Å². The lowest BCUT2D eigenvalue weighted by Crippen LogP contribution is -2.25. The van der Waals surface area contributed by atoms with Crippen LogP contribution in [0, 0.1) is 6.92 Å². The SMILES string of the molecule is Cc1scnc1Cn1cnc(N)nc1=O. The third kappa shape index (κ3) is 2.01. The molecule has 0 atom stereocenters. The molecule has 0 saturated heterocycles. The molecule has 0 fully saturated rings. The van der Waals surface area contributed by atoms with Crippen molar-refractivity contribution in [2.75, 3.05) is 5.73 Å². The van der Waals surface area contributed by atoms with Crippen LogP contribution in [0.15, 0.2) is 16.6 Å². The average molecular weight is 223 g/mol. The van der Waals surface area contributed by atoms with Crippen molar-refractivity contribution in [2.24, 2.45) is 0 Å². The maximum Gasteiger partial charge on any atom is 0.352 e. The van der Waals surface area contributed by atoms with Gasteiger partial charge in [0.1, 0.15) is 6.33 Å². The molecule has 0 aliphatic heterocycles. The molecule has 7 heteroatoms. The largest absolute Gasteiger partial charge is 0.368 e. The normalized spacial score (nSPS) is 10.5. The van der Waals surface area contributed by atoms with Gasteiger partial charge in [0, 0.05) is 4.88 Å². The lowest BCUT2D eigenvalue weighted by atomic mass is 10.4. The summed E-state index contributed by atoms with van der Waals surface area (Å²) in [6.45, 7) is 2.34. The van der Waals surface area contributed by atoms with Crippen molar-refractivity contribution < 1.29 is 0 Å². The molecular formula is C8H9N5OS. The zero-order chi connectivity index (χ0) is 10.8. The van der Waals surface area contributed by atoms with Crippen LogP contribution in [0.25, 0.3) is 0 Å². The highest BCUT2D eigenvalue weighted by atomic mass is 32.1. The van der Waals surface area contributed by atoms with E-state index < -0.39 is 5.69 Å². The molecule has 0 unspecified atom stereocenters. The molecule has 2 N–H and O–H groups in total. The quantitative estimate of drug-likeness (QED) is 0.776. The topological polar surface area (TPSA) is 86.7 Å². The van der Waals surface area contributed by atoms with E-state index in [1.54, 1.807) is 16.8 Å². The Morgan fingerprint density at radius 1 is 1.53 bits per heavy atom. The lowest BCUT2D eigenvalue weighted by Gasteiger charge is -2.02. The summed E-state index contributed by atoms with van der Waals surface area (Å²) in [6.07, 6.45) is 1.38. The highest BCUT2D eigenvalue weighted by Crippen LogP contribution is 2.11. The molecule has 0 bridgehead atoms. The van der Waals surface area contributed by atoms with E-state index in [1.807, 2.05) is 6.92 Å². The second-order valence-electron chi connectivity index (χ2n) is 2.98. The molecule has 2 rings (SSSR count). The zero-order valence-corrected chi connectivity index (χ0v) is 8.86. The molecule has 0 spiro atoms. The van der Waals surface area contributed by atoms with Gasteiger partial charge in [0.25, 0.3) is 0 Å². The molecule has 15 heavy (non-hydrogen) atoms. The number of aryl methyl sites for hydroxylation is 1. The monoisotopic (exact) mass is 223 g/mol. The van der Waals surface area contributed by atoms with Crippen LogP contribution in [0.4, 0.5) is 5.95 Å². The first-order valence-electron chi connectivity index (χ1n) is 4.25. The highest BCUT2D eigenvalue weighted by Gasteiger charge is 2.04. The summed E-state index contributed by atoms with van der Waals surface area (Å²) in [7, 11) is 0. The van der Waals surface area contributed by atoms with Crippen molar-refractivity contribution in [1.29, 1.82) is 0 Å². The van der Waals surface area contributed by atoms with Gasteiger partial charge in [-0.2, -0.15) is 4.98 Å². The van der Waals surface area contributed by atoms with Crippen molar-refractivity contribution in [2.45, 2.75) is 13.5 Å². The number of aromatic nitrogens is 4. The molecular weight excluding hydrogens is 214 g/mol. The number of thiazole rings is 1. The van der Waals surface area contributed by atoms with Crippen LogP contribution in [0.5, 0.6) is 0 Å². The van der Waals surface area contributed by atoms with E-state index in [9.17, 15) is 4.79 Å². The van der Waals surface area contributed by atoms with Crippen LogP contribution < -0.4 is 11.4 Å². The molecule has 0 aliphatic rings. The van der Waals surface area contributed by atoms with Crippen LogP contribution in [0.1, 0.15) is 10.6 Å². The van der Waals surface area contributed by atoms with Crippen molar-refractivity contribution in [3.63, 3.8) is 0 Å². The highest BCUT2D eigenvalue weighted by molar-refractivity contribution is 7.09. The summed E-state index contributed by atoms with van der Waals surface area (Å²) in [6, 6.07) is 0. The first kappa shape index (κ1) is 9.78. The number of nitrogens with two attached hydrogens (primary N) is 1. The Labute approximate surface area is 89.4 Å². The van der Waals surface area contributed by atoms with Crippen LogP contribution in [-0.4, -0.2) is 19.5 Å². The van der Waals surface area contributed by atoms with E-state index >= 15 is 0 Å². The molecule has 0 aromatic carbocycles. The number of anilines is 1. The van der Waals surface area contributed by atoms with Gasteiger partial charge in [0.15, 0.2) is 0 Å². The van der Waals surface area contributed by atoms with Crippen LogP contribution >= 0.6 is 11.3 Å². The number of hydrogen-bond acceptors (Lipinski definition) is 6. The third-order valence-electron chi connectivity index (χ3n) is 1.95. The van der Waals surface area contributed by atoms with Gasteiger partial charge < -0.3 is 5.73 Å². The van der Waals surface area contributed by atoms with Gasteiger partial charge in [-0.25, -0.2) is 14.8 Å². The summed E-state index contributed by atoms with van der Waals surface area (Å²) in [5.41, 5.74) is 7.47. The first-order chi connectivity index (χ1) is 7.16. The minimum absolute atomic E-state index is 0.00810. The van der Waals surface area contributed by atoms with Gasteiger partial charge in [-0.05, 0) is 6.92 Å². The average Bonchev–Trinajstić information content (AvgIpc) is 2.57. The minimum Gasteiger partial charge on any atom is -0.368 e. The maximum absolute atomic E-state index is 11.4. The number of rotatable bonds is 2. The second-order valence-corrected chi connectivity index (χ2v) is 4.04. The van der Waals surface area contributed by atoms with Crippen molar-refractivity contribution in [1.82, 2.24) is 19.5 Å². The molecule has 0 saturated carbocycles. The summed E-state index contributed by atoms with van der Waals surface area (Å²) in [5, 5.41) is 0. The van der Waals surface area contributed by atoms with Crippen molar-refractivity contribution in [3.05, 3.63) is 32.9 Å².